The lowest BCUT2D eigenvalue weighted by Crippen LogP contribution is -2.19. The summed E-state index contributed by atoms with van der Waals surface area (Å²) in [5.74, 6) is 0.370. The van der Waals surface area contributed by atoms with E-state index >= 15 is 0 Å². The van der Waals surface area contributed by atoms with Crippen LogP contribution in [0.25, 0.3) is 11.0 Å². The molecule has 6 heteroatoms. The fourth-order valence-corrected chi connectivity index (χ4v) is 3.51. The van der Waals surface area contributed by atoms with Gasteiger partial charge in [-0.2, -0.15) is 0 Å². The van der Waals surface area contributed by atoms with Crippen molar-refractivity contribution in [2.75, 3.05) is 18.5 Å². The molecule has 1 amide bonds. The van der Waals surface area contributed by atoms with Crippen LogP contribution in [0.5, 0.6) is 5.75 Å². The molecular weight excluding hydrogens is 370 g/mol. The lowest BCUT2D eigenvalue weighted by molar-refractivity contribution is -0.115. The highest BCUT2D eigenvalue weighted by Gasteiger charge is 2.17. The van der Waals surface area contributed by atoms with Gasteiger partial charge in [-0.3, -0.25) is 4.79 Å². The molecule has 1 fully saturated rings. The van der Waals surface area contributed by atoms with E-state index in [1.54, 1.807) is 12.1 Å². The van der Waals surface area contributed by atoms with E-state index in [0.29, 0.717) is 29.2 Å². The van der Waals surface area contributed by atoms with Gasteiger partial charge in [-0.15, -0.1) is 0 Å². The van der Waals surface area contributed by atoms with Gasteiger partial charge in [0.05, 0.1) is 18.2 Å². The summed E-state index contributed by atoms with van der Waals surface area (Å²) in [4.78, 5) is 24.6. The topological polar surface area (TPSA) is 77.8 Å². The zero-order valence-electron chi connectivity index (χ0n) is 16.3. The Morgan fingerprint density at radius 1 is 1.21 bits per heavy atom. The van der Waals surface area contributed by atoms with Crippen LogP contribution < -0.4 is 15.7 Å². The standard InChI is InChI=1S/C23H23NO5/c1-15-8-9-18-16(13-23(26)29-21(18)11-15)12-22(25)24-19-6-2-3-7-20(19)28-14-17-5-4-10-27-17/h2-3,6-9,11,13,17H,4-5,10,12,14H2,1H3,(H,24,25). The summed E-state index contributed by atoms with van der Waals surface area (Å²) in [5, 5.41) is 3.65. The zero-order chi connectivity index (χ0) is 20.2. The van der Waals surface area contributed by atoms with E-state index in [-0.39, 0.29) is 18.4 Å². The number of hydrogen-bond acceptors (Lipinski definition) is 5. The highest BCUT2D eigenvalue weighted by molar-refractivity contribution is 5.96. The van der Waals surface area contributed by atoms with Crippen LogP contribution in [0.4, 0.5) is 5.69 Å². The van der Waals surface area contributed by atoms with Crippen LogP contribution in [-0.4, -0.2) is 25.2 Å². The number of hydrogen-bond donors (Lipinski definition) is 1. The van der Waals surface area contributed by atoms with Gasteiger partial charge in [0.25, 0.3) is 0 Å². The summed E-state index contributed by atoms with van der Waals surface area (Å²) in [5.41, 5.74) is 2.23. The van der Waals surface area contributed by atoms with Gasteiger partial charge in [0.15, 0.2) is 0 Å². The Hall–Kier alpha value is -3.12. The van der Waals surface area contributed by atoms with Crippen molar-refractivity contribution < 1.29 is 18.7 Å². The summed E-state index contributed by atoms with van der Waals surface area (Å²) in [7, 11) is 0. The number of amides is 1. The lowest BCUT2D eigenvalue weighted by Gasteiger charge is -2.15. The lowest BCUT2D eigenvalue weighted by atomic mass is 10.1. The number of nitrogens with one attached hydrogen (secondary N) is 1. The molecule has 3 aromatic rings. The van der Waals surface area contributed by atoms with Gasteiger partial charge in [0.2, 0.25) is 5.91 Å². The molecule has 4 rings (SSSR count). The predicted molar refractivity (Wildman–Crippen MR) is 110 cm³/mol. The molecule has 0 saturated carbocycles. The summed E-state index contributed by atoms with van der Waals surface area (Å²) >= 11 is 0. The van der Waals surface area contributed by atoms with Gasteiger partial charge in [0, 0.05) is 18.1 Å². The smallest absolute Gasteiger partial charge is 0.336 e. The van der Waals surface area contributed by atoms with Gasteiger partial charge < -0.3 is 19.2 Å². The average Bonchev–Trinajstić information content (AvgIpc) is 3.20. The fourth-order valence-electron chi connectivity index (χ4n) is 3.51. The number of benzene rings is 2. The third-order valence-corrected chi connectivity index (χ3v) is 4.95. The first-order valence-corrected chi connectivity index (χ1v) is 9.75. The van der Waals surface area contributed by atoms with Crippen LogP contribution >= 0.6 is 0 Å². The first-order chi connectivity index (χ1) is 14.1. The highest BCUT2D eigenvalue weighted by atomic mass is 16.5. The Morgan fingerprint density at radius 3 is 2.90 bits per heavy atom. The zero-order valence-corrected chi connectivity index (χ0v) is 16.3. The normalized spacial score (nSPS) is 16.1. The molecule has 2 aromatic carbocycles. The molecule has 2 heterocycles. The molecule has 6 nitrogen and oxygen atoms in total. The first kappa shape index (κ1) is 19.2. The van der Waals surface area contributed by atoms with Crippen LogP contribution in [0.2, 0.25) is 0 Å². The van der Waals surface area contributed by atoms with Crippen molar-refractivity contribution >= 4 is 22.6 Å². The van der Waals surface area contributed by atoms with Crippen LogP contribution in [0.3, 0.4) is 0 Å². The van der Waals surface area contributed by atoms with E-state index in [4.69, 9.17) is 13.9 Å². The second-order valence-electron chi connectivity index (χ2n) is 7.26. The van der Waals surface area contributed by atoms with Crippen molar-refractivity contribution in [3.8, 4) is 5.75 Å². The number of anilines is 1. The summed E-state index contributed by atoms with van der Waals surface area (Å²) in [6.45, 7) is 3.15. The molecule has 150 valence electrons. The monoisotopic (exact) mass is 393 g/mol. The fraction of sp³-hybridized carbons (Fsp3) is 0.304. The highest BCUT2D eigenvalue weighted by Crippen LogP contribution is 2.26. The Kier molecular flexibility index (Phi) is 5.62. The molecule has 1 unspecified atom stereocenters. The van der Waals surface area contributed by atoms with Gasteiger partial charge in [-0.05, 0) is 49.1 Å². The number of ether oxygens (including phenoxy) is 2. The van der Waals surface area contributed by atoms with Crippen molar-refractivity contribution in [1.29, 1.82) is 0 Å². The molecular formula is C23H23NO5. The van der Waals surface area contributed by atoms with Gasteiger partial charge in [-0.25, -0.2) is 4.79 Å². The molecule has 0 bridgehead atoms. The quantitative estimate of drug-likeness (QED) is 0.644. The number of fused-ring (bicyclic) bond motifs is 1. The molecule has 0 radical (unpaired) electrons. The molecule has 1 N–H and O–H groups in total. The average molecular weight is 393 g/mol. The number of para-hydroxylation sites is 2. The van der Waals surface area contributed by atoms with Crippen molar-refractivity contribution in [2.24, 2.45) is 0 Å². The number of aryl methyl sites for hydroxylation is 1. The van der Waals surface area contributed by atoms with E-state index < -0.39 is 5.63 Å². The largest absolute Gasteiger partial charge is 0.489 e. The second kappa shape index (κ2) is 8.49. The summed E-state index contributed by atoms with van der Waals surface area (Å²) < 4.78 is 16.7. The third kappa shape index (κ3) is 4.66. The second-order valence-corrected chi connectivity index (χ2v) is 7.26. The van der Waals surface area contributed by atoms with Gasteiger partial charge in [-0.1, -0.05) is 24.3 Å². The maximum atomic E-state index is 12.7. The van der Waals surface area contributed by atoms with E-state index in [9.17, 15) is 9.59 Å². The van der Waals surface area contributed by atoms with Gasteiger partial charge in [0.1, 0.15) is 17.9 Å². The molecule has 1 aliphatic heterocycles. The van der Waals surface area contributed by atoms with Crippen LogP contribution in [-0.2, 0) is 16.0 Å². The molecule has 1 saturated heterocycles. The Labute approximate surface area is 168 Å². The maximum absolute atomic E-state index is 12.7. The molecule has 1 aromatic heterocycles. The minimum atomic E-state index is -0.466. The predicted octanol–water partition coefficient (Wildman–Crippen LogP) is 3.84. The third-order valence-electron chi connectivity index (χ3n) is 4.95. The van der Waals surface area contributed by atoms with E-state index in [1.165, 1.54) is 6.07 Å². The van der Waals surface area contributed by atoms with Crippen LogP contribution in [0, 0.1) is 6.92 Å². The van der Waals surface area contributed by atoms with Crippen molar-refractivity contribution in [2.45, 2.75) is 32.3 Å². The van der Waals surface area contributed by atoms with E-state index in [2.05, 4.69) is 5.32 Å². The van der Waals surface area contributed by atoms with Crippen LogP contribution in [0.15, 0.2) is 57.7 Å². The number of carbonyl (C=O) groups is 1. The molecule has 1 atom stereocenters. The minimum absolute atomic E-state index is 0.0607. The Balaban J connectivity index is 1.49. The van der Waals surface area contributed by atoms with Crippen molar-refractivity contribution in [3.05, 3.63) is 70.1 Å². The number of carbonyl (C=O) groups excluding carboxylic acids is 1. The number of rotatable bonds is 6. The molecule has 0 spiro atoms. The van der Waals surface area contributed by atoms with Crippen LogP contribution in [0.1, 0.15) is 24.0 Å². The maximum Gasteiger partial charge on any atom is 0.336 e. The van der Waals surface area contributed by atoms with Crippen molar-refractivity contribution in [3.63, 3.8) is 0 Å². The Morgan fingerprint density at radius 2 is 2.07 bits per heavy atom. The van der Waals surface area contributed by atoms with E-state index in [0.717, 1.165) is 30.4 Å². The summed E-state index contributed by atoms with van der Waals surface area (Å²) in [6.07, 6.45) is 2.19. The Bertz CT molecular complexity index is 1080. The van der Waals surface area contributed by atoms with Crippen molar-refractivity contribution in [1.82, 2.24) is 0 Å². The molecule has 0 aliphatic carbocycles. The molecule has 29 heavy (non-hydrogen) atoms. The minimum Gasteiger partial charge on any atom is -0.489 e. The van der Waals surface area contributed by atoms with E-state index in [1.807, 2.05) is 37.3 Å². The van der Waals surface area contributed by atoms with Gasteiger partial charge >= 0.3 is 5.63 Å². The summed E-state index contributed by atoms with van der Waals surface area (Å²) in [6, 6.07) is 14.3. The molecule has 1 aliphatic rings. The first-order valence-electron chi connectivity index (χ1n) is 9.75. The SMILES string of the molecule is Cc1ccc2c(CC(=O)Nc3ccccc3OCC3CCCO3)cc(=O)oc2c1.